The summed E-state index contributed by atoms with van der Waals surface area (Å²) >= 11 is 0. The van der Waals surface area contributed by atoms with Crippen molar-refractivity contribution in [3.63, 3.8) is 0 Å². The first kappa shape index (κ1) is 13.1. The zero-order valence-corrected chi connectivity index (χ0v) is 11.3. The Morgan fingerprint density at radius 3 is 2.72 bits per heavy atom. The lowest BCUT2D eigenvalue weighted by atomic mass is 9.93. The van der Waals surface area contributed by atoms with Gasteiger partial charge in [-0.15, -0.1) is 0 Å². The molecule has 1 fully saturated rings. The molecule has 1 aromatic rings. The van der Waals surface area contributed by atoms with Gasteiger partial charge in [-0.2, -0.15) is 0 Å². The van der Waals surface area contributed by atoms with Gasteiger partial charge in [0.1, 0.15) is 6.10 Å². The molecule has 2 rings (SSSR count). The molecule has 98 valence electrons. The van der Waals surface area contributed by atoms with Crippen molar-refractivity contribution in [2.75, 3.05) is 6.54 Å². The number of aliphatic hydroxyl groups is 1. The van der Waals surface area contributed by atoms with Gasteiger partial charge in [-0.25, -0.2) is 0 Å². The number of amides is 1. The molecular formula is C15H21NO2. The van der Waals surface area contributed by atoms with E-state index in [2.05, 4.69) is 26.0 Å². The highest BCUT2D eigenvalue weighted by Crippen LogP contribution is 2.33. The van der Waals surface area contributed by atoms with E-state index in [0.29, 0.717) is 5.92 Å². The van der Waals surface area contributed by atoms with E-state index in [1.54, 1.807) is 0 Å². The van der Waals surface area contributed by atoms with Gasteiger partial charge >= 0.3 is 0 Å². The highest BCUT2D eigenvalue weighted by Gasteiger charge is 2.34. The van der Waals surface area contributed by atoms with E-state index in [4.69, 9.17) is 0 Å². The van der Waals surface area contributed by atoms with Crippen LogP contribution in [0.15, 0.2) is 24.3 Å². The van der Waals surface area contributed by atoms with Crippen LogP contribution in [0, 0.1) is 6.92 Å². The topological polar surface area (TPSA) is 40.5 Å². The van der Waals surface area contributed by atoms with E-state index in [-0.39, 0.29) is 11.9 Å². The summed E-state index contributed by atoms with van der Waals surface area (Å²) in [4.78, 5) is 13.7. The summed E-state index contributed by atoms with van der Waals surface area (Å²) in [5.41, 5.74) is 2.60. The highest BCUT2D eigenvalue weighted by atomic mass is 16.3. The van der Waals surface area contributed by atoms with Gasteiger partial charge in [0.25, 0.3) is 5.91 Å². The minimum atomic E-state index is -0.900. The second-order valence-electron chi connectivity index (χ2n) is 5.30. The van der Waals surface area contributed by atoms with Crippen LogP contribution in [0.1, 0.15) is 37.3 Å². The number of likely N-dealkylation sites (tertiary alicyclic amines) is 1. The third kappa shape index (κ3) is 2.41. The molecule has 1 amide bonds. The fourth-order valence-corrected chi connectivity index (χ4v) is 2.85. The normalized spacial score (nSPS) is 25.2. The first-order valence-electron chi connectivity index (χ1n) is 6.54. The van der Waals surface area contributed by atoms with Crippen LogP contribution in [0.3, 0.4) is 0 Å². The number of aryl methyl sites for hydroxylation is 1. The van der Waals surface area contributed by atoms with E-state index >= 15 is 0 Å². The van der Waals surface area contributed by atoms with Crippen molar-refractivity contribution < 1.29 is 9.90 Å². The van der Waals surface area contributed by atoms with Crippen LogP contribution in [0.4, 0.5) is 0 Å². The van der Waals surface area contributed by atoms with Gasteiger partial charge < -0.3 is 10.0 Å². The number of hydrogen-bond acceptors (Lipinski definition) is 2. The van der Waals surface area contributed by atoms with Gasteiger partial charge in [-0.3, -0.25) is 4.79 Å². The molecule has 1 heterocycles. The first-order chi connectivity index (χ1) is 8.50. The Kier molecular flexibility index (Phi) is 3.71. The number of benzene rings is 1. The van der Waals surface area contributed by atoms with Crippen LogP contribution in [0.25, 0.3) is 0 Å². The molecular weight excluding hydrogens is 226 g/mol. The van der Waals surface area contributed by atoms with E-state index in [1.807, 2.05) is 17.0 Å². The maximum absolute atomic E-state index is 11.9. The van der Waals surface area contributed by atoms with Gasteiger partial charge in [-0.05, 0) is 38.3 Å². The molecule has 3 atom stereocenters. The van der Waals surface area contributed by atoms with E-state index in [9.17, 15) is 9.90 Å². The number of rotatable bonds is 2. The molecule has 0 saturated carbocycles. The maximum atomic E-state index is 11.9. The van der Waals surface area contributed by atoms with Crippen molar-refractivity contribution in [3.05, 3.63) is 35.4 Å². The molecule has 1 N–H and O–H groups in total. The van der Waals surface area contributed by atoms with Crippen molar-refractivity contribution in [1.82, 2.24) is 4.90 Å². The smallest absolute Gasteiger partial charge is 0.251 e. The zero-order chi connectivity index (χ0) is 13.3. The van der Waals surface area contributed by atoms with Crippen molar-refractivity contribution in [2.24, 2.45) is 0 Å². The van der Waals surface area contributed by atoms with E-state index in [0.717, 1.165) is 13.0 Å². The van der Waals surface area contributed by atoms with Crippen LogP contribution >= 0.6 is 0 Å². The number of carbonyl (C=O) groups excluding carboxylic acids is 1. The largest absolute Gasteiger partial charge is 0.384 e. The molecule has 0 bridgehead atoms. The molecule has 18 heavy (non-hydrogen) atoms. The van der Waals surface area contributed by atoms with Gasteiger partial charge in [0.2, 0.25) is 0 Å². The van der Waals surface area contributed by atoms with Crippen LogP contribution in [0.2, 0.25) is 0 Å². The third-order valence-electron chi connectivity index (χ3n) is 3.84. The molecule has 0 radical (unpaired) electrons. The second-order valence-corrected chi connectivity index (χ2v) is 5.30. The van der Waals surface area contributed by atoms with Gasteiger partial charge in [0.15, 0.2) is 0 Å². The summed E-state index contributed by atoms with van der Waals surface area (Å²) < 4.78 is 0. The molecule has 1 saturated heterocycles. The quantitative estimate of drug-likeness (QED) is 0.869. The molecule has 1 aliphatic rings. The van der Waals surface area contributed by atoms with Gasteiger partial charge in [0, 0.05) is 18.5 Å². The molecule has 0 spiro atoms. The second kappa shape index (κ2) is 5.11. The molecule has 0 aliphatic carbocycles. The Morgan fingerprint density at radius 1 is 1.44 bits per heavy atom. The lowest BCUT2D eigenvalue weighted by Gasteiger charge is -2.23. The fourth-order valence-electron chi connectivity index (χ4n) is 2.85. The summed E-state index contributed by atoms with van der Waals surface area (Å²) in [6.07, 6.45) is 0.0756. The summed E-state index contributed by atoms with van der Waals surface area (Å²) in [5, 5.41) is 9.42. The molecule has 1 aromatic carbocycles. The molecule has 3 unspecified atom stereocenters. The summed E-state index contributed by atoms with van der Waals surface area (Å²) in [5.74, 6) is 0.238. The Bertz CT molecular complexity index is 442. The number of nitrogens with zero attached hydrogens (tertiary/aromatic N) is 1. The van der Waals surface area contributed by atoms with Gasteiger partial charge in [0.05, 0.1) is 0 Å². The third-order valence-corrected chi connectivity index (χ3v) is 3.84. The summed E-state index contributed by atoms with van der Waals surface area (Å²) in [6, 6.07) is 8.54. The van der Waals surface area contributed by atoms with Crippen LogP contribution < -0.4 is 0 Å². The van der Waals surface area contributed by atoms with E-state index < -0.39 is 6.10 Å². The monoisotopic (exact) mass is 247 g/mol. The van der Waals surface area contributed by atoms with Crippen LogP contribution in [0.5, 0.6) is 0 Å². The minimum absolute atomic E-state index is 0.154. The number of aliphatic hydroxyl groups excluding tert-OH is 1. The van der Waals surface area contributed by atoms with Crippen molar-refractivity contribution in [3.8, 4) is 0 Å². The minimum Gasteiger partial charge on any atom is -0.384 e. The first-order valence-corrected chi connectivity index (χ1v) is 6.54. The predicted octanol–water partition coefficient (Wildman–Crippen LogP) is 2.08. The number of hydrogen-bond donors (Lipinski definition) is 1. The zero-order valence-electron chi connectivity index (χ0n) is 11.3. The lowest BCUT2D eigenvalue weighted by Crippen LogP contribution is -2.39. The average Bonchev–Trinajstić information content (AvgIpc) is 2.70. The Balaban J connectivity index is 2.16. The highest BCUT2D eigenvalue weighted by molar-refractivity contribution is 5.81. The van der Waals surface area contributed by atoms with E-state index in [1.165, 1.54) is 18.1 Å². The molecule has 0 aromatic heterocycles. The lowest BCUT2D eigenvalue weighted by molar-refractivity contribution is -0.139. The Morgan fingerprint density at radius 2 is 2.11 bits per heavy atom. The number of carbonyl (C=O) groups is 1. The summed E-state index contributed by atoms with van der Waals surface area (Å²) in [7, 11) is 0. The predicted molar refractivity (Wildman–Crippen MR) is 71.4 cm³/mol. The summed E-state index contributed by atoms with van der Waals surface area (Å²) in [6.45, 7) is 6.42. The maximum Gasteiger partial charge on any atom is 0.251 e. The Hall–Kier alpha value is -1.35. The van der Waals surface area contributed by atoms with Crippen molar-refractivity contribution in [1.29, 1.82) is 0 Å². The standard InChI is InChI=1S/C15H21NO2/c1-10-6-4-5-7-14(10)13-8-11(2)16(9-13)15(18)12(3)17/h4-7,11-13,17H,8-9H2,1-3H3. The average molecular weight is 247 g/mol. The van der Waals surface area contributed by atoms with Crippen molar-refractivity contribution >= 4 is 5.91 Å². The van der Waals surface area contributed by atoms with Gasteiger partial charge in [-0.1, -0.05) is 24.3 Å². The van der Waals surface area contributed by atoms with Crippen LogP contribution in [-0.2, 0) is 4.79 Å². The van der Waals surface area contributed by atoms with Crippen molar-refractivity contribution in [2.45, 2.75) is 45.3 Å². The SMILES string of the molecule is Cc1ccccc1C1CC(C)N(C(=O)C(C)O)C1. The van der Waals surface area contributed by atoms with Crippen LogP contribution in [-0.4, -0.2) is 34.6 Å². The molecule has 3 nitrogen and oxygen atoms in total. The fraction of sp³-hybridized carbons (Fsp3) is 0.533. The Labute approximate surface area is 108 Å². The molecule has 3 heteroatoms. The molecule has 1 aliphatic heterocycles.